The first-order valence-corrected chi connectivity index (χ1v) is 7.07. The van der Waals surface area contributed by atoms with Gasteiger partial charge in [-0.25, -0.2) is 13.2 Å². The van der Waals surface area contributed by atoms with Crippen LogP contribution in [0.5, 0.6) is 0 Å². The number of ether oxygens (including phenoxy) is 1. The summed E-state index contributed by atoms with van der Waals surface area (Å²) < 4.78 is 46.3. The first kappa shape index (κ1) is 14.3. The lowest BCUT2D eigenvalue weighted by atomic mass is 9.96. The molecule has 0 saturated carbocycles. The van der Waals surface area contributed by atoms with Crippen molar-refractivity contribution in [2.24, 2.45) is 0 Å². The number of hydrogen-bond donors (Lipinski definition) is 1. The standard InChI is InChI=1S/C15H11F3O2S/c1-15(19)14(12-3-2-4-21-12)9(7-20-15)13-10(17)5-8(16)6-11(13)18/h2-6,19H,7H2,1H3. The molecule has 0 radical (unpaired) electrons. The first-order valence-electron chi connectivity index (χ1n) is 6.19. The Balaban J connectivity index is 2.27. The minimum Gasteiger partial charge on any atom is -0.362 e. The molecule has 0 bridgehead atoms. The van der Waals surface area contributed by atoms with Gasteiger partial charge in [0.1, 0.15) is 17.5 Å². The second-order valence-electron chi connectivity index (χ2n) is 4.85. The SMILES string of the molecule is CC1(O)OCC(c2c(F)cc(F)cc2F)=C1c1cccs1. The number of rotatable bonds is 2. The molecule has 6 heteroatoms. The van der Waals surface area contributed by atoms with Crippen molar-refractivity contribution in [3.8, 4) is 0 Å². The Morgan fingerprint density at radius 1 is 1.24 bits per heavy atom. The van der Waals surface area contributed by atoms with Gasteiger partial charge in [0.2, 0.25) is 0 Å². The van der Waals surface area contributed by atoms with Crippen molar-refractivity contribution >= 4 is 22.5 Å². The highest BCUT2D eigenvalue weighted by Gasteiger charge is 2.39. The summed E-state index contributed by atoms with van der Waals surface area (Å²) in [6.07, 6.45) is 0. The van der Waals surface area contributed by atoms with Crippen molar-refractivity contribution in [2.75, 3.05) is 6.61 Å². The predicted molar refractivity (Wildman–Crippen MR) is 74.0 cm³/mol. The van der Waals surface area contributed by atoms with Crippen molar-refractivity contribution in [1.82, 2.24) is 0 Å². The van der Waals surface area contributed by atoms with Crippen LogP contribution in [0.25, 0.3) is 11.1 Å². The van der Waals surface area contributed by atoms with Gasteiger partial charge < -0.3 is 9.84 Å². The van der Waals surface area contributed by atoms with E-state index in [1.54, 1.807) is 17.5 Å². The fraction of sp³-hybridized carbons (Fsp3) is 0.200. The molecule has 1 aromatic heterocycles. The number of thiophene rings is 1. The molecule has 0 spiro atoms. The third-order valence-electron chi connectivity index (χ3n) is 3.34. The average Bonchev–Trinajstić information content (AvgIpc) is 2.96. The Kier molecular flexibility index (Phi) is 3.39. The average molecular weight is 312 g/mol. The molecule has 3 rings (SSSR count). The topological polar surface area (TPSA) is 29.5 Å². The van der Waals surface area contributed by atoms with Crippen molar-refractivity contribution in [2.45, 2.75) is 12.7 Å². The van der Waals surface area contributed by atoms with Crippen LogP contribution >= 0.6 is 11.3 Å². The molecule has 2 aromatic rings. The van der Waals surface area contributed by atoms with Crippen molar-refractivity contribution in [1.29, 1.82) is 0 Å². The van der Waals surface area contributed by atoms with Crippen molar-refractivity contribution < 1.29 is 23.0 Å². The molecule has 2 heterocycles. The zero-order valence-corrected chi connectivity index (χ0v) is 11.8. The monoisotopic (exact) mass is 312 g/mol. The van der Waals surface area contributed by atoms with Gasteiger partial charge in [0, 0.05) is 28.2 Å². The number of benzene rings is 1. The number of halogens is 3. The van der Waals surface area contributed by atoms with Gasteiger partial charge in [0.05, 0.1) is 12.2 Å². The van der Waals surface area contributed by atoms with Crippen LogP contribution in [0.1, 0.15) is 17.4 Å². The van der Waals surface area contributed by atoms with E-state index in [1.165, 1.54) is 18.3 Å². The lowest BCUT2D eigenvalue weighted by Crippen LogP contribution is -2.24. The van der Waals surface area contributed by atoms with Crippen LogP contribution < -0.4 is 0 Å². The lowest BCUT2D eigenvalue weighted by molar-refractivity contribution is -0.123. The highest BCUT2D eigenvalue weighted by molar-refractivity contribution is 7.11. The van der Waals surface area contributed by atoms with Crippen LogP contribution in [0.2, 0.25) is 0 Å². The minimum atomic E-state index is -1.65. The van der Waals surface area contributed by atoms with Gasteiger partial charge in [-0.2, -0.15) is 0 Å². The number of hydrogen-bond acceptors (Lipinski definition) is 3. The quantitative estimate of drug-likeness (QED) is 0.913. The Morgan fingerprint density at radius 3 is 2.48 bits per heavy atom. The maximum atomic E-state index is 14.0. The van der Waals surface area contributed by atoms with Crippen LogP contribution in [0, 0.1) is 17.5 Å². The summed E-state index contributed by atoms with van der Waals surface area (Å²) in [5.74, 6) is -4.67. The van der Waals surface area contributed by atoms with E-state index in [4.69, 9.17) is 4.74 Å². The molecule has 0 saturated heterocycles. The van der Waals surface area contributed by atoms with Gasteiger partial charge in [-0.05, 0) is 18.4 Å². The Bertz CT molecular complexity index is 698. The van der Waals surface area contributed by atoms with E-state index in [-0.39, 0.29) is 17.7 Å². The molecule has 1 aliphatic rings. The van der Waals surface area contributed by atoms with Crippen LogP contribution in [0.15, 0.2) is 29.6 Å². The molecular formula is C15H11F3O2S. The van der Waals surface area contributed by atoms with Gasteiger partial charge in [-0.3, -0.25) is 0 Å². The van der Waals surface area contributed by atoms with Gasteiger partial charge in [0.15, 0.2) is 5.79 Å². The normalized spacial score (nSPS) is 22.1. The largest absolute Gasteiger partial charge is 0.362 e. The molecule has 1 N–H and O–H groups in total. The minimum absolute atomic E-state index is 0.153. The highest BCUT2D eigenvalue weighted by Crippen LogP contribution is 2.44. The summed E-state index contributed by atoms with van der Waals surface area (Å²) >= 11 is 1.32. The molecule has 1 unspecified atom stereocenters. The van der Waals surface area contributed by atoms with Crippen molar-refractivity contribution in [3.05, 3.63) is 57.5 Å². The third kappa shape index (κ3) is 2.39. The molecule has 1 atom stereocenters. The van der Waals surface area contributed by atoms with E-state index < -0.39 is 23.2 Å². The van der Waals surface area contributed by atoms with E-state index >= 15 is 0 Å². The molecule has 0 aliphatic carbocycles. The molecule has 110 valence electrons. The van der Waals surface area contributed by atoms with E-state index in [9.17, 15) is 18.3 Å². The van der Waals surface area contributed by atoms with Gasteiger partial charge in [-0.15, -0.1) is 11.3 Å². The van der Waals surface area contributed by atoms with E-state index in [0.717, 1.165) is 0 Å². The van der Waals surface area contributed by atoms with Gasteiger partial charge in [0.25, 0.3) is 0 Å². The fourth-order valence-electron chi connectivity index (χ4n) is 2.46. The highest BCUT2D eigenvalue weighted by atomic mass is 32.1. The van der Waals surface area contributed by atoms with Crippen LogP contribution in [-0.4, -0.2) is 17.5 Å². The van der Waals surface area contributed by atoms with Crippen LogP contribution in [0.4, 0.5) is 13.2 Å². The first-order chi connectivity index (χ1) is 9.90. The predicted octanol–water partition coefficient (Wildman–Crippen LogP) is 3.81. The summed E-state index contributed by atoms with van der Waals surface area (Å²) in [6, 6.07) is 4.72. The lowest BCUT2D eigenvalue weighted by Gasteiger charge is -2.19. The molecule has 0 amide bonds. The Hall–Kier alpha value is -1.63. The zero-order valence-electron chi connectivity index (χ0n) is 11.0. The third-order valence-corrected chi connectivity index (χ3v) is 4.23. The molecule has 21 heavy (non-hydrogen) atoms. The summed E-state index contributed by atoms with van der Waals surface area (Å²) in [5.41, 5.74) is 0.136. The molecule has 0 fully saturated rings. The van der Waals surface area contributed by atoms with E-state index in [2.05, 4.69) is 0 Å². The Labute approximate surface area is 123 Å². The maximum absolute atomic E-state index is 14.0. The van der Waals surface area contributed by atoms with E-state index in [1.807, 2.05) is 0 Å². The summed E-state index contributed by atoms with van der Waals surface area (Å²) in [7, 11) is 0. The second-order valence-corrected chi connectivity index (χ2v) is 5.79. The summed E-state index contributed by atoms with van der Waals surface area (Å²) in [4.78, 5) is 0.649. The number of aliphatic hydroxyl groups is 1. The van der Waals surface area contributed by atoms with Gasteiger partial charge in [-0.1, -0.05) is 6.07 Å². The van der Waals surface area contributed by atoms with Gasteiger partial charge >= 0.3 is 0 Å². The maximum Gasteiger partial charge on any atom is 0.191 e. The van der Waals surface area contributed by atoms with Crippen molar-refractivity contribution in [3.63, 3.8) is 0 Å². The smallest absolute Gasteiger partial charge is 0.191 e. The summed E-state index contributed by atoms with van der Waals surface area (Å²) in [6.45, 7) is 1.26. The molecule has 1 aliphatic heterocycles. The zero-order chi connectivity index (χ0) is 15.2. The molecule has 1 aromatic carbocycles. The van der Waals surface area contributed by atoms with E-state index in [0.29, 0.717) is 22.6 Å². The molecule has 2 nitrogen and oxygen atoms in total. The van der Waals surface area contributed by atoms with Crippen LogP contribution in [-0.2, 0) is 4.74 Å². The molecular weight excluding hydrogens is 301 g/mol. The fourth-order valence-corrected chi connectivity index (χ4v) is 3.35. The second kappa shape index (κ2) is 4.98. The van der Waals surface area contributed by atoms with Crippen LogP contribution in [0.3, 0.4) is 0 Å². The summed E-state index contributed by atoms with van der Waals surface area (Å²) in [5, 5.41) is 12.1. The Morgan fingerprint density at radius 2 is 1.90 bits per heavy atom.